The Morgan fingerprint density at radius 2 is 2.14 bits per heavy atom. The zero-order chi connectivity index (χ0) is 15.3. The second-order valence-corrected chi connectivity index (χ2v) is 5.59. The minimum absolute atomic E-state index is 0.104. The van der Waals surface area contributed by atoms with Gasteiger partial charge in [0.25, 0.3) is 0 Å². The van der Waals surface area contributed by atoms with Crippen molar-refractivity contribution < 1.29 is 4.79 Å². The van der Waals surface area contributed by atoms with Crippen LogP contribution in [0.1, 0.15) is 33.6 Å². The van der Waals surface area contributed by atoms with Crippen molar-refractivity contribution in [2.75, 3.05) is 36.4 Å². The third kappa shape index (κ3) is 3.35. The zero-order valence-electron chi connectivity index (χ0n) is 13.3. The summed E-state index contributed by atoms with van der Waals surface area (Å²) in [7, 11) is 0. The number of amides is 1. The minimum Gasteiger partial charge on any atom is -0.357 e. The summed E-state index contributed by atoms with van der Waals surface area (Å²) >= 11 is 0. The van der Waals surface area contributed by atoms with Crippen molar-refractivity contribution >= 4 is 17.4 Å². The molecule has 116 valence electrons. The van der Waals surface area contributed by atoms with Crippen LogP contribution in [0.5, 0.6) is 0 Å². The SMILES string of the molecule is CCN(CC)c1ccc(NC(=O)C2(CC)CCNC2)cn1. The molecule has 5 heteroatoms. The number of rotatable bonds is 6. The third-order valence-corrected chi connectivity index (χ3v) is 4.50. The molecule has 1 fully saturated rings. The predicted molar refractivity (Wildman–Crippen MR) is 86.6 cm³/mol. The molecule has 2 heterocycles. The van der Waals surface area contributed by atoms with E-state index in [-0.39, 0.29) is 11.3 Å². The van der Waals surface area contributed by atoms with Gasteiger partial charge >= 0.3 is 0 Å². The second kappa shape index (κ2) is 6.89. The molecular formula is C16H26N4O. The molecule has 1 aliphatic heterocycles. The highest BCUT2D eigenvalue weighted by molar-refractivity contribution is 5.95. The van der Waals surface area contributed by atoms with Crippen molar-refractivity contribution in [1.29, 1.82) is 0 Å². The summed E-state index contributed by atoms with van der Waals surface area (Å²) in [6, 6.07) is 3.90. The first-order valence-electron chi connectivity index (χ1n) is 7.88. The Hall–Kier alpha value is -1.62. The zero-order valence-corrected chi connectivity index (χ0v) is 13.3. The van der Waals surface area contributed by atoms with E-state index in [0.29, 0.717) is 0 Å². The fraction of sp³-hybridized carbons (Fsp3) is 0.625. The number of nitrogens with one attached hydrogen (secondary N) is 2. The van der Waals surface area contributed by atoms with Crippen LogP contribution in [-0.4, -0.2) is 37.1 Å². The van der Waals surface area contributed by atoms with Crippen LogP contribution in [0, 0.1) is 5.41 Å². The topological polar surface area (TPSA) is 57.3 Å². The number of nitrogens with zero attached hydrogens (tertiary/aromatic N) is 2. The Balaban J connectivity index is 2.04. The summed E-state index contributed by atoms with van der Waals surface area (Å²) in [5.41, 5.74) is 0.507. The number of carbonyl (C=O) groups is 1. The van der Waals surface area contributed by atoms with E-state index in [4.69, 9.17) is 0 Å². The number of carbonyl (C=O) groups excluding carboxylic acids is 1. The maximum atomic E-state index is 12.5. The largest absolute Gasteiger partial charge is 0.357 e. The van der Waals surface area contributed by atoms with Gasteiger partial charge in [0, 0.05) is 19.6 Å². The summed E-state index contributed by atoms with van der Waals surface area (Å²) in [5, 5.41) is 6.30. The van der Waals surface area contributed by atoms with Gasteiger partial charge in [-0.25, -0.2) is 4.98 Å². The molecule has 0 spiro atoms. The van der Waals surface area contributed by atoms with Crippen LogP contribution in [0.3, 0.4) is 0 Å². The van der Waals surface area contributed by atoms with Gasteiger partial charge in [-0.3, -0.25) is 4.79 Å². The lowest BCUT2D eigenvalue weighted by Gasteiger charge is -2.25. The van der Waals surface area contributed by atoms with Gasteiger partial charge in [-0.1, -0.05) is 6.92 Å². The first-order chi connectivity index (χ1) is 10.1. The third-order valence-electron chi connectivity index (χ3n) is 4.50. The maximum Gasteiger partial charge on any atom is 0.231 e. The molecular weight excluding hydrogens is 264 g/mol. The predicted octanol–water partition coefficient (Wildman–Crippen LogP) is 2.26. The molecule has 1 atom stereocenters. The van der Waals surface area contributed by atoms with E-state index in [1.54, 1.807) is 6.20 Å². The number of aromatic nitrogens is 1. The quantitative estimate of drug-likeness (QED) is 0.844. The van der Waals surface area contributed by atoms with Crippen LogP contribution >= 0.6 is 0 Å². The van der Waals surface area contributed by atoms with E-state index >= 15 is 0 Å². The van der Waals surface area contributed by atoms with E-state index in [9.17, 15) is 4.79 Å². The molecule has 0 bridgehead atoms. The van der Waals surface area contributed by atoms with Gasteiger partial charge in [0.05, 0.1) is 17.3 Å². The Labute approximate surface area is 127 Å². The van der Waals surface area contributed by atoms with Crippen LogP contribution in [0.15, 0.2) is 18.3 Å². The van der Waals surface area contributed by atoms with E-state index in [0.717, 1.165) is 50.5 Å². The summed E-state index contributed by atoms with van der Waals surface area (Å²) in [4.78, 5) is 19.1. The highest BCUT2D eigenvalue weighted by Gasteiger charge is 2.39. The number of anilines is 2. The van der Waals surface area contributed by atoms with Crippen LogP contribution in [0.4, 0.5) is 11.5 Å². The minimum atomic E-state index is -0.266. The molecule has 21 heavy (non-hydrogen) atoms. The molecule has 5 nitrogen and oxygen atoms in total. The Morgan fingerprint density at radius 3 is 2.62 bits per heavy atom. The highest BCUT2D eigenvalue weighted by atomic mass is 16.2. The van der Waals surface area contributed by atoms with Crippen LogP contribution in [0.2, 0.25) is 0 Å². The molecule has 0 aliphatic carbocycles. The van der Waals surface area contributed by atoms with Gasteiger partial charge in [-0.05, 0) is 45.4 Å². The van der Waals surface area contributed by atoms with Gasteiger partial charge in [0.1, 0.15) is 5.82 Å². The summed E-state index contributed by atoms with van der Waals surface area (Å²) in [6.07, 6.45) is 3.51. The first kappa shape index (κ1) is 15.8. The molecule has 1 amide bonds. The molecule has 2 rings (SSSR count). The summed E-state index contributed by atoms with van der Waals surface area (Å²) in [6.45, 7) is 9.84. The van der Waals surface area contributed by atoms with E-state index in [2.05, 4.69) is 41.3 Å². The fourth-order valence-corrected chi connectivity index (χ4v) is 2.86. The molecule has 1 aliphatic rings. The molecule has 1 aromatic rings. The summed E-state index contributed by atoms with van der Waals surface area (Å²) in [5.74, 6) is 1.05. The highest BCUT2D eigenvalue weighted by Crippen LogP contribution is 2.31. The van der Waals surface area contributed by atoms with E-state index in [1.165, 1.54) is 0 Å². The van der Waals surface area contributed by atoms with Crippen molar-refractivity contribution in [3.63, 3.8) is 0 Å². The normalized spacial score (nSPS) is 21.3. The van der Waals surface area contributed by atoms with Crippen LogP contribution in [0.25, 0.3) is 0 Å². The van der Waals surface area contributed by atoms with Crippen molar-refractivity contribution in [3.05, 3.63) is 18.3 Å². The molecule has 1 unspecified atom stereocenters. The van der Waals surface area contributed by atoms with Gasteiger partial charge < -0.3 is 15.5 Å². The van der Waals surface area contributed by atoms with Crippen molar-refractivity contribution in [1.82, 2.24) is 10.3 Å². The van der Waals surface area contributed by atoms with Crippen molar-refractivity contribution in [2.45, 2.75) is 33.6 Å². The molecule has 0 aromatic carbocycles. The Bertz CT molecular complexity index is 462. The van der Waals surface area contributed by atoms with Gasteiger partial charge in [-0.2, -0.15) is 0 Å². The average Bonchev–Trinajstić information content (AvgIpc) is 3.00. The average molecular weight is 290 g/mol. The number of hydrogen-bond acceptors (Lipinski definition) is 4. The fourth-order valence-electron chi connectivity index (χ4n) is 2.86. The standard InChI is InChI=1S/C16H26N4O/c1-4-16(9-10-17-12-16)15(21)19-13-7-8-14(18-11-13)20(5-2)6-3/h7-8,11,17H,4-6,9-10,12H2,1-3H3,(H,19,21). The summed E-state index contributed by atoms with van der Waals surface area (Å²) < 4.78 is 0. The van der Waals surface area contributed by atoms with Crippen LogP contribution < -0.4 is 15.5 Å². The van der Waals surface area contributed by atoms with E-state index in [1.807, 2.05) is 12.1 Å². The van der Waals surface area contributed by atoms with Crippen molar-refractivity contribution in [3.8, 4) is 0 Å². The molecule has 1 saturated heterocycles. The molecule has 2 N–H and O–H groups in total. The van der Waals surface area contributed by atoms with Gasteiger partial charge in [0.2, 0.25) is 5.91 Å². The lowest BCUT2D eigenvalue weighted by atomic mass is 9.83. The molecule has 1 aromatic heterocycles. The first-order valence-corrected chi connectivity index (χ1v) is 7.88. The molecule has 0 saturated carbocycles. The van der Waals surface area contributed by atoms with Crippen LogP contribution in [-0.2, 0) is 4.79 Å². The lowest BCUT2D eigenvalue weighted by Crippen LogP contribution is -2.37. The smallest absolute Gasteiger partial charge is 0.231 e. The van der Waals surface area contributed by atoms with E-state index < -0.39 is 0 Å². The molecule has 0 radical (unpaired) electrons. The maximum absolute atomic E-state index is 12.5. The number of hydrogen-bond donors (Lipinski definition) is 2. The van der Waals surface area contributed by atoms with Crippen molar-refractivity contribution in [2.24, 2.45) is 5.41 Å². The number of pyridine rings is 1. The van der Waals surface area contributed by atoms with Gasteiger partial charge in [-0.15, -0.1) is 0 Å². The monoisotopic (exact) mass is 290 g/mol. The Kier molecular flexibility index (Phi) is 5.17. The Morgan fingerprint density at radius 1 is 1.38 bits per heavy atom. The second-order valence-electron chi connectivity index (χ2n) is 5.59. The lowest BCUT2D eigenvalue weighted by molar-refractivity contribution is -0.124. The van der Waals surface area contributed by atoms with Gasteiger partial charge in [0.15, 0.2) is 0 Å².